The number of carbonyl (C=O) groups is 3. The zero-order valence-corrected chi connectivity index (χ0v) is 15.7. The smallest absolute Gasteiger partial charge is 0.306 e. The molecule has 0 spiro atoms. The van der Waals surface area contributed by atoms with E-state index in [9.17, 15) is 14.4 Å². The van der Waals surface area contributed by atoms with Gasteiger partial charge in [-0.1, -0.05) is 48.9 Å². The summed E-state index contributed by atoms with van der Waals surface area (Å²) in [6.07, 6.45) is 0.580. The fourth-order valence-electron chi connectivity index (χ4n) is 2.35. The van der Waals surface area contributed by atoms with Gasteiger partial charge in [0.15, 0.2) is 6.61 Å². The van der Waals surface area contributed by atoms with Gasteiger partial charge in [-0.2, -0.15) is 0 Å². The van der Waals surface area contributed by atoms with Crippen molar-refractivity contribution in [2.75, 3.05) is 17.2 Å². The van der Waals surface area contributed by atoms with Gasteiger partial charge in [-0.05, 0) is 30.2 Å². The normalized spacial score (nSPS) is 10.1. The molecule has 27 heavy (non-hydrogen) atoms. The van der Waals surface area contributed by atoms with Crippen molar-refractivity contribution in [3.8, 4) is 0 Å². The number of ether oxygens (including phenoxy) is 1. The Balaban J connectivity index is 1.72. The Morgan fingerprint density at radius 2 is 1.52 bits per heavy atom. The SMILES string of the molecule is CCc1ccccc1NC(=O)COC(=O)CCC(=O)Nc1ccccc1Cl. The van der Waals surface area contributed by atoms with Crippen molar-refractivity contribution < 1.29 is 19.1 Å². The third-order valence-corrected chi connectivity index (χ3v) is 4.07. The van der Waals surface area contributed by atoms with Crippen LogP contribution in [0.3, 0.4) is 0 Å². The molecular formula is C20H21ClN2O4. The van der Waals surface area contributed by atoms with E-state index in [-0.39, 0.29) is 18.7 Å². The molecule has 2 rings (SSSR count). The van der Waals surface area contributed by atoms with Crippen LogP contribution in [0.2, 0.25) is 5.02 Å². The number of carbonyl (C=O) groups excluding carboxylic acids is 3. The van der Waals surface area contributed by atoms with Crippen LogP contribution < -0.4 is 10.6 Å². The molecule has 0 atom stereocenters. The lowest BCUT2D eigenvalue weighted by molar-refractivity contribution is -0.147. The Hall–Kier alpha value is -2.86. The summed E-state index contributed by atoms with van der Waals surface area (Å²) < 4.78 is 4.92. The number of hydrogen-bond donors (Lipinski definition) is 2. The van der Waals surface area contributed by atoms with E-state index in [0.717, 1.165) is 12.0 Å². The molecule has 0 aliphatic heterocycles. The molecular weight excluding hydrogens is 368 g/mol. The van der Waals surface area contributed by atoms with Gasteiger partial charge < -0.3 is 15.4 Å². The first kappa shape index (κ1) is 20.5. The van der Waals surface area contributed by atoms with E-state index < -0.39 is 18.5 Å². The Bertz CT molecular complexity index is 823. The van der Waals surface area contributed by atoms with Crippen molar-refractivity contribution in [2.45, 2.75) is 26.2 Å². The fourth-order valence-corrected chi connectivity index (χ4v) is 2.53. The van der Waals surface area contributed by atoms with Gasteiger partial charge in [0.1, 0.15) is 0 Å². The van der Waals surface area contributed by atoms with Crippen LogP contribution in [0.4, 0.5) is 11.4 Å². The summed E-state index contributed by atoms with van der Waals surface area (Å²) >= 11 is 5.95. The largest absolute Gasteiger partial charge is 0.456 e. The second kappa shape index (κ2) is 10.3. The number of para-hydroxylation sites is 2. The number of hydrogen-bond acceptors (Lipinski definition) is 4. The zero-order valence-electron chi connectivity index (χ0n) is 15.0. The van der Waals surface area contributed by atoms with Crippen LogP contribution in [0.1, 0.15) is 25.3 Å². The van der Waals surface area contributed by atoms with E-state index in [4.69, 9.17) is 16.3 Å². The number of nitrogens with one attached hydrogen (secondary N) is 2. The van der Waals surface area contributed by atoms with Gasteiger partial charge in [0.05, 0.1) is 17.1 Å². The van der Waals surface area contributed by atoms with Crippen LogP contribution >= 0.6 is 11.6 Å². The van der Waals surface area contributed by atoms with Crippen LogP contribution in [0, 0.1) is 0 Å². The average Bonchev–Trinajstić information content (AvgIpc) is 2.67. The molecule has 0 aliphatic rings. The summed E-state index contributed by atoms with van der Waals surface area (Å²) in [6, 6.07) is 14.2. The summed E-state index contributed by atoms with van der Waals surface area (Å²) in [5, 5.41) is 5.74. The van der Waals surface area contributed by atoms with Gasteiger partial charge in [-0.25, -0.2) is 0 Å². The van der Waals surface area contributed by atoms with Gasteiger partial charge in [0.25, 0.3) is 5.91 Å². The number of aryl methyl sites for hydroxylation is 1. The molecule has 2 N–H and O–H groups in total. The third kappa shape index (κ3) is 6.75. The predicted molar refractivity (Wildman–Crippen MR) is 105 cm³/mol. The average molecular weight is 389 g/mol. The maximum absolute atomic E-state index is 11.9. The van der Waals surface area contributed by atoms with Crippen molar-refractivity contribution >= 4 is 40.8 Å². The van der Waals surface area contributed by atoms with Crippen molar-refractivity contribution in [1.82, 2.24) is 0 Å². The Labute approximate surface area is 162 Å². The standard InChI is InChI=1S/C20H21ClN2O4/c1-2-14-7-3-5-9-16(14)22-19(25)13-27-20(26)12-11-18(24)23-17-10-6-4-8-15(17)21/h3-10H,2,11-13H2,1H3,(H,22,25)(H,23,24). The molecule has 2 aromatic rings. The lowest BCUT2D eigenvalue weighted by Gasteiger charge is -2.10. The molecule has 142 valence electrons. The topological polar surface area (TPSA) is 84.5 Å². The first-order valence-corrected chi connectivity index (χ1v) is 8.95. The summed E-state index contributed by atoms with van der Waals surface area (Å²) in [4.78, 5) is 35.5. The number of rotatable bonds is 8. The maximum atomic E-state index is 11.9. The molecule has 0 radical (unpaired) electrons. The summed E-state index contributed by atoms with van der Waals surface area (Å²) in [5.41, 5.74) is 2.17. The van der Waals surface area contributed by atoms with E-state index in [0.29, 0.717) is 16.4 Å². The highest BCUT2D eigenvalue weighted by Gasteiger charge is 2.12. The van der Waals surface area contributed by atoms with Gasteiger partial charge in [0.2, 0.25) is 5.91 Å². The Morgan fingerprint density at radius 3 is 2.22 bits per heavy atom. The Kier molecular flexibility index (Phi) is 7.82. The number of anilines is 2. The first-order chi connectivity index (χ1) is 13.0. The molecule has 0 bridgehead atoms. The van der Waals surface area contributed by atoms with Crippen LogP contribution in [0.15, 0.2) is 48.5 Å². The quantitative estimate of drug-likeness (QED) is 0.673. The molecule has 0 saturated heterocycles. The zero-order chi connectivity index (χ0) is 19.6. The van der Waals surface area contributed by atoms with Gasteiger partial charge in [0, 0.05) is 12.1 Å². The fraction of sp³-hybridized carbons (Fsp3) is 0.250. The highest BCUT2D eigenvalue weighted by Crippen LogP contribution is 2.20. The molecule has 0 saturated carbocycles. The second-order valence-corrected chi connectivity index (χ2v) is 6.15. The van der Waals surface area contributed by atoms with Crippen LogP contribution in [-0.4, -0.2) is 24.4 Å². The minimum atomic E-state index is -0.622. The summed E-state index contributed by atoms with van der Waals surface area (Å²) in [7, 11) is 0. The first-order valence-electron chi connectivity index (χ1n) is 8.57. The predicted octanol–water partition coefficient (Wildman–Crippen LogP) is 3.80. The van der Waals surface area contributed by atoms with Gasteiger partial charge >= 0.3 is 5.97 Å². The van der Waals surface area contributed by atoms with Crippen LogP contribution in [-0.2, 0) is 25.5 Å². The highest BCUT2D eigenvalue weighted by atomic mass is 35.5. The van der Waals surface area contributed by atoms with Crippen LogP contribution in [0.5, 0.6) is 0 Å². The van der Waals surface area contributed by atoms with Crippen molar-refractivity contribution in [1.29, 1.82) is 0 Å². The minimum absolute atomic E-state index is 0.0651. The van der Waals surface area contributed by atoms with Crippen molar-refractivity contribution in [3.05, 3.63) is 59.1 Å². The minimum Gasteiger partial charge on any atom is -0.456 e. The van der Waals surface area contributed by atoms with Crippen LogP contribution in [0.25, 0.3) is 0 Å². The maximum Gasteiger partial charge on any atom is 0.306 e. The van der Waals surface area contributed by atoms with E-state index in [2.05, 4.69) is 10.6 Å². The third-order valence-electron chi connectivity index (χ3n) is 3.74. The molecule has 0 aliphatic carbocycles. The van der Waals surface area contributed by atoms with E-state index in [1.807, 2.05) is 25.1 Å². The number of benzene rings is 2. The number of esters is 1. The molecule has 6 nitrogen and oxygen atoms in total. The number of halogens is 1. The van der Waals surface area contributed by atoms with Crippen molar-refractivity contribution in [2.24, 2.45) is 0 Å². The van der Waals surface area contributed by atoms with E-state index >= 15 is 0 Å². The number of amides is 2. The van der Waals surface area contributed by atoms with E-state index in [1.165, 1.54) is 0 Å². The van der Waals surface area contributed by atoms with Gasteiger partial charge in [-0.15, -0.1) is 0 Å². The molecule has 0 aromatic heterocycles. The van der Waals surface area contributed by atoms with E-state index in [1.54, 1.807) is 30.3 Å². The Morgan fingerprint density at radius 1 is 0.889 bits per heavy atom. The highest BCUT2D eigenvalue weighted by molar-refractivity contribution is 6.33. The molecule has 2 aromatic carbocycles. The summed E-state index contributed by atoms with van der Waals surface area (Å²) in [6.45, 7) is 1.59. The second-order valence-electron chi connectivity index (χ2n) is 5.75. The lowest BCUT2D eigenvalue weighted by atomic mass is 10.1. The molecule has 0 unspecified atom stereocenters. The van der Waals surface area contributed by atoms with Crippen molar-refractivity contribution in [3.63, 3.8) is 0 Å². The molecule has 0 fully saturated rings. The summed E-state index contributed by atoms with van der Waals surface area (Å²) in [5.74, 6) is -1.41. The molecule has 2 amide bonds. The molecule has 0 heterocycles. The lowest BCUT2D eigenvalue weighted by Crippen LogP contribution is -2.22. The van der Waals surface area contributed by atoms with Gasteiger partial charge in [-0.3, -0.25) is 14.4 Å². The molecule has 7 heteroatoms. The monoisotopic (exact) mass is 388 g/mol.